The van der Waals surface area contributed by atoms with E-state index in [1.54, 1.807) is 6.92 Å². The fraction of sp³-hybridized carbons (Fsp3) is 0.455. The Bertz CT molecular complexity index is 375. The molecule has 0 saturated carbocycles. The maximum atomic E-state index is 11.8. The number of nitrogens with one attached hydrogen (secondary N) is 1. The molecule has 88 valence electrons. The normalized spacial score (nSPS) is 14.2. The van der Waals surface area contributed by atoms with Crippen LogP contribution in [-0.2, 0) is 0 Å². The largest absolute Gasteiger partial charge is 0.505 e. The summed E-state index contributed by atoms with van der Waals surface area (Å²) in [4.78, 5) is 15.5. The Labute approximate surface area is 94.1 Å². The molecule has 0 fully saturated rings. The standard InChI is InChI=1S/C11H16N2O3/c1-3-11(2,7-14)13-10(16)9-8(15)5-4-6-12-9/h4-6,14-15H,3,7H2,1-2H3,(H,13,16). The van der Waals surface area contributed by atoms with E-state index in [-0.39, 0.29) is 18.1 Å². The molecule has 1 rings (SSSR count). The zero-order valence-electron chi connectivity index (χ0n) is 9.40. The van der Waals surface area contributed by atoms with Crippen LogP contribution in [-0.4, -0.2) is 33.3 Å². The second-order valence-corrected chi connectivity index (χ2v) is 3.90. The number of nitrogens with zero attached hydrogens (tertiary/aromatic N) is 1. The third-order valence-corrected chi connectivity index (χ3v) is 2.55. The molecule has 0 aromatic carbocycles. The lowest BCUT2D eigenvalue weighted by Crippen LogP contribution is -2.48. The van der Waals surface area contributed by atoms with Gasteiger partial charge < -0.3 is 15.5 Å². The molecular weight excluding hydrogens is 208 g/mol. The van der Waals surface area contributed by atoms with Crippen molar-refractivity contribution in [3.8, 4) is 5.75 Å². The molecule has 1 aromatic heterocycles. The molecule has 0 aliphatic rings. The lowest BCUT2D eigenvalue weighted by Gasteiger charge is -2.26. The monoisotopic (exact) mass is 224 g/mol. The van der Waals surface area contributed by atoms with E-state index in [9.17, 15) is 9.90 Å². The summed E-state index contributed by atoms with van der Waals surface area (Å²) in [6, 6.07) is 2.93. The highest BCUT2D eigenvalue weighted by molar-refractivity contribution is 5.95. The van der Waals surface area contributed by atoms with Crippen molar-refractivity contribution in [3.05, 3.63) is 24.0 Å². The molecule has 0 radical (unpaired) electrons. The molecule has 1 heterocycles. The quantitative estimate of drug-likeness (QED) is 0.702. The first-order chi connectivity index (χ1) is 7.52. The number of carbonyl (C=O) groups is 1. The van der Waals surface area contributed by atoms with E-state index >= 15 is 0 Å². The van der Waals surface area contributed by atoms with Gasteiger partial charge in [-0.1, -0.05) is 6.92 Å². The molecule has 0 aliphatic carbocycles. The minimum absolute atomic E-state index is 0.0318. The predicted molar refractivity (Wildman–Crippen MR) is 59.1 cm³/mol. The Morgan fingerprint density at radius 3 is 2.81 bits per heavy atom. The number of aromatic hydroxyl groups is 1. The van der Waals surface area contributed by atoms with E-state index < -0.39 is 11.4 Å². The molecule has 0 spiro atoms. The van der Waals surface area contributed by atoms with Gasteiger partial charge in [-0.25, -0.2) is 4.98 Å². The van der Waals surface area contributed by atoms with Gasteiger partial charge in [-0.3, -0.25) is 4.79 Å². The minimum Gasteiger partial charge on any atom is -0.505 e. The van der Waals surface area contributed by atoms with Crippen LogP contribution in [0.15, 0.2) is 18.3 Å². The summed E-state index contributed by atoms with van der Waals surface area (Å²) in [6.07, 6.45) is 2.01. The van der Waals surface area contributed by atoms with Crippen LogP contribution in [0.3, 0.4) is 0 Å². The molecular formula is C11H16N2O3. The van der Waals surface area contributed by atoms with E-state index in [4.69, 9.17) is 5.11 Å². The molecule has 1 atom stereocenters. The van der Waals surface area contributed by atoms with Gasteiger partial charge in [-0.15, -0.1) is 0 Å². The number of carbonyl (C=O) groups excluding carboxylic acids is 1. The first-order valence-corrected chi connectivity index (χ1v) is 5.10. The fourth-order valence-electron chi connectivity index (χ4n) is 1.14. The van der Waals surface area contributed by atoms with E-state index in [0.29, 0.717) is 6.42 Å². The van der Waals surface area contributed by atoms with Crippen LogP contribution in [0.2, 0.25) is 0 Å². The summed E-state index contributed by atoms with van der Waals surface area (Å²) in [7, 11) is 0. The lowest BCUT2D eigenvalue weighted by atomic mass is 10.00. The van der Waals surface area contributed by atoms with Gasteiger partial charge in [-0.05, 0) is 25.5 Å². The number of aliphatic hydroxyl groups excluding tert-OH is 1. The van der Waals surface area contributed by atoms with E-state index in [1.807, 2.05) is 6.92 Å². The molecule has 16 heavy (non-hydrogen) atoms. The maximum Gasteiger partial charge on any atom is 0.274 e. The summed E-state index contributed by atoms with van der Waals surface area (Å²) in [5, 5.41) is 21.2. The average molecular weight is 224 g/mol. The molecule has 1 aromatic rings. The van der Waals surface area contributed by atoms with Gasteiger partial charge in [0.25, 0.3) is 5.91 Å². The Morgan fingerprint density at radius 1 is 1.62 bits per heavy atom. The van der Waals surface area contributed by atoms with Crippen molar-refractivity contribution >= 4 is 5.91 Å². The van der Waals surface area contributed by atoms with Gasteiger partial charge in [0.2, 0.25) is 0 Å². The van der Waals surface area contributed by atoms with E-state index in [1.165, 1.54) is 18.3 Å². The minimum atomic E-state index is -0.693. The van der Waals surface area contributed by atoms with Crippen molar-refractivity contribution in [2.45, 2.75) is 25.8 Å². The van der Waals surface area contributed by atoms with Crippen LogP contribution in [0, 0.1) is 0 Å². The summed E-state index contributed by atoms with van der Waals surface area (Å²) in [6.45, 7) is 3.42. The Kier molecular flexibility index (Phi) is 3.84. The Morgan fingerprint density at radius 2 is 2.31 bits per heavy atom. The number of amides is 1. The van der Waals surface area contributed by atoms with Crippen molar-refractivity contribution in [2.24, 2.45) is 0 Å². The van der Waals surface area contributed by atoms with Gasteiger partial charge in [0.15, 0.2) is 5.69 Å². The molecule has 1 unspecified atom stereocenters. The topological polar surface area (TPSA) is 82.5 Å². The maximum absolute atomic E-state index is 11.8. The third-order valence-electron chi connectivity index (χ3n) is 2.55. The van der Waals surface area contributed by atoms with Gasteiger partial charge in [0.1, 0.15) is 5.75 Å². The van der Waals surface area contributed by atoms with Gasteiger partial charge in [-0.2, -0.15) is 0 Å². The fourth-order valence-corrected chi connectivity index (χ4v) is 1.14. The number of aliphatic hydroxyl groups is 1. The Balaban J connectivity index is 2.84. The SMILES string of the molecule is CCC(C)(CO)NC(=O)c1ncccc1O. The van der Waals surface area contributed by atoms with Crippen molar-refractivity contribution in [2.75, 3.05) is 6.61 Å². The first kappa shape index (κ1) is 12.4. The summed E-state index contributed by atoms with van der Waals surface area (Å²) in [5.74, 6) is -0.659. The second kappa shape index (κ2) is 4.94. The second-order valence-electron chi connectivity index (χ2n) is 3.90. The van der Waals surface area contributed by atoms with Gasteiger partial charge in [0, 0.05) is 6.20 Å². The van der Waals surface area contributed by atoms with Crippen LogP contribution < -0.4 is 5.32 Å². The molecule has 3 N–H and O–H groups in total. The number of hydrogen-bond acceptors (Lipinski definition) is 4. The summed E-state index contributed by atoms with van der Waals surface area (Å²) >= 11 is 0. The number of hydrogen-bond donors (Lipinski definition) is 3. The molecule has 5 heteroatoms. The van der Waals surface area contributed by atoms with Crippen LogP contribution in [0.4, 0.5) is 0 Å². The van der Waals surface area contributed by atoms with Crippen molar-refractivity contribution in [1.29, 1.82) is 0 Å². The summed E-state index contributed by atoms with van der Waals surface area (Å²) in [5.41, 5.74) is -0.725. The van der Waals surface area contributed by atoms with Crippen molar-refractivity contribution < 1.29 is 15.0 Å². The van der Waals surface area contributed by atoms with E-state index in [0.717, 1.165) is 0 Å². The van der Waals surface area contributed by atoms with Crippen molar-refractivity contribution in [3.63, 3.8) is 0 Å². The smallest absolute Gasteiger partial charge is 0.274 e. The molecule has 0 bridgehead atoms. The Hall–Kier alpha value is -1.62. The first-order valence-electron chi connectivity index (χ1n) is 5.10. The highest BCUT2D eigenvalue weighted by atomic mass is 16.3. The van der Waals surface area contributed by atoms with E-state index in [2.05, 4.69) is 10.3 Å². The molecule has 5 nitrogen and oxygen atoms in total. The molecule has 0 aliphatic heterocycles. The highest BCUT2D eigenvalue weighted by Gasteiger charge is 2.25. The number of rotatable bonds is 4. The number of aromatic nitrogens is 1. The van der Waals surface area contributed by atoms with Crippen LogP contribution in [0.25, 0.3) is 0 Å². The lowest BCUT2D eigenvalue weighted by molar-refractivity contribution is 0.0839. The zero-order valence-corrected chi connectivity index (χ0v) is 9.40. The molecule has 1 amide bonds. The number of pyridine rings is 1. The van der Waals surface area contributed by atoms with Crippen LogP contribution in [0.5, 0.6) is 5.75 Å². The van der Waals surface area contributed by atoms with Gasteiger partial charge >= 0.3 is 0 Å². The molecule has 0 saturated heterocycles. The third kappa shape index (κ3) is 2.70. The highest BCUT2D eigenvalue weighted by Crippen LogP contribution is 2.15. The van der Waals surface area contributed by atoms with Gasteiger partial charge in [0.05, 0.1) is 12.1 Å². The zero-order chi connectivity index (χ0) is 12.2. The van der Waals surface area contributed by atoms with Crippen LogP contribution >= 0.6 is 0 Å². The predicted octanol–water partition coefficient (Wildman–Crippen LogP) is 0.678. The van der Waals surface area contributed by atoms with Crippen molar-refractivity contribution in [1.82, 2.24) is 10.3 Å². The average Bonchev–Trinajstić information content (AvgIpc) is 2.29. The summed E-state index contributed by atoms with van der Waals surface area (Å²) < 4.78 is 0. The van der Waals surface area contributed by atoms with Crippen LogP contribution in [0.1, 0.15) is 30.8 Å².